The number of benzene rings is 2. The molecule has 3 aliphatic rings. The Hall–Kier alpha value is -4.65. The summed E-state index contributed by atoms with van der Waals surface area (Å²) in [5, 5.41) is 15.6. The van der Waals surface area contributed by atoms with Crippen LogP contribution in [-0.2, 0) is 9.59 Å². The summed E-state index contributed by atoms with van der Waals surface area (Å²) in [6, 6.07) is 11.3. The molecule has 0 radical (unpaired) electrons. The molecule has 3 unspecified atom stereocenters. The third-order valence-corrected chi connectivity index (χ3v) is 11.3. The molecule has 13 heteroatoms. The Kier molecular flexibility index (Phi) is 10.4. The normalized spacial score (nSPS) is 22.3. The summed E-state index contributed by atoms with van der Waals surface area (Å²) < 4.78 is 58.5. The minimum atomic E-state index is -2.93. The number of likely N-dealkylation sites (tertiary alicyclic amines) is 1. The number of fused-ring (bicyclic) bond motifs is 1. The summed E-state index contributed by atoms with van der Waals surface area (Å²) in [4.78, 5) is 32.9. The molecule has 4 aromatic rings. The number of anilines is 2. The molecule has 2 aromatic carbocycles. The van der Waals surface area contributed by atoms with E-state index in [1.54, 1.807) is 13.1 Å². The lowest BCUT2D eigenvalue weighted by Crippen LogP contribution is -2.53. The van der Waals surface area contributed by atoms with Crippen LogP contribution < -0.4 is 15.5 Å². The average Bonchev–Trinajstić information content (AvgIpc) is 3.13. The molecule has 2 amide bonds. The van der Waals surface area contributed by atoms with Crippen LogP contribution in [0.3, 0.4) is 0 Å². The Morgan fingerprint density at radius 3 is 2.51 bits per heavy atom. The number of aromatic nitrogens is 3. The van der Waals surface area contributed by atoms with Gasteiger partial charge in [-0.05, 0) is 94.6 Å². The monoisotopic (exact) mass is 731 g/mol. The Morgan fingerprint density at radius 2 is 1.77 bits per heavy atom. The lowest BCUT2D eigenvalue weighted by molar-refractivity contribution is -0.134. The number of carbonyl (C=O) groups is 2. The molecule has 0 aliphatic carbocycles. The van der Waals surface area contributed by atoms with Crippen LogP contribution in [0.2, 0.25) is 0 Å². The molecule has 0 bridgehead atoms. The van der Waals surface area contributed by atoms with Gasteiger partial charge in [-0.1, -0.05) is 36.4 Å². The Morgan fingerprint density at radius 1 is 1.00 bits per heavy atom. The maximum Gasteiger partial charge on any atom is 0.266 e. The summed E-state index contributed by atoms with van der Waals surface area (Å²) in [6.45, 7) is 8.29. The van der Waals surface area contributed by atoms with E-state index in [0.29, 0.717) is 67.4 Å². The van der Waals surface area contributed by atoms with Crippen molar-refractivity contribution < 1.29 is 27.2 Å². The van der Waals surface area contributed by atoms with Gasteiger partial charge in [0.25, 0.3) is 6.43 Å². The average molecular weight is 732 g/mol. The number of hydrogen-bond acceptors (Lipinski definition) is 8. The van der Waals surface area contributed by atoms with Gasteiger partial charge in [0.15, 0.2) is 5.82 Å². The van der Waals surface area contributed by atoms with E-state index in [1.165, 1.54) is 17.7 Å². The van der Waals surface area contributed by atoms with Crippen molar-refractivity contribution in [3.63, 3.8) is 0 Å². The SMILES string of the molecule is Cc1cc(C2CCC(=O)NC2=O)ccc1C1CCN(CC2(F)CCCN(c3cc4c(NC(C)c5cccc(C(F)F)c5F)nnc(C)c4cn3)C2)CC1. The molecule has 7 rings (SSSR count). The number of alkyl halides is 3. The van der Waals surface area contributed by atoms with E-state index in [2.05, 4.69) is 44.8 Å². The number of imide groups is 1. The molecule has 2 aromatic heterocycles. The van der Waals surface area contributed by atoms with Crippen LogP contribution in [0.5, 0.6) is 0 Å². The fourth-order valence-corrected chi connectivity index (χ4v) is 8.39. The topological polar surface area (TPSA) is 103 Å². The van der Waals surface area contributed by atoms with E-state index in [1.807, 2.05) is 24.0 Å². The van der Waals surface area contributed by atoms with Gasteiger partial charge in [0.1, 0.15) is 17.3 Å². The Labute approximate surface area is 306 Å². The van der Waals surface area contributed by atoms with Crippen molar-refractivity contribution in [3.05, 3.63) is 88.0 Å². The first-order valence-electron chi connectivity index (χ1n) is 18.5. The summed E-state index contributed by atoms with van der Waals surface area (Å²) >= 11 is 0. The molecule has 9 nitrogen and oxygen atoms in total. The molecule has 0 spiro atoms. The van der Waals surface area contributed by atoms with Gasteiger partial charge in [0.2, 0.25) is 11.8 Å². The van der Waals surface area contributed by atoms with Crippen molar-refractivity contribution in [1.29, 1.82) is 0 Å². The Bertz CT molecular complexity index is 2020. The molecule has 2 N–H and O–H groups in total. The van der Waals surface area contributed by atoms with Crippen molar-refractivity contribution in [3.8, 4) is 0 Å². The largest absolute Gasteiger partial charge is 0.361 e. The molecule has 280 valence electrons. The predicted octanol–water partition coefficient (Wildman–Crippen LogP) is 7.60. The number of carbonyl (C=O) groups excluding carboxylic acids is 2. The molecule has 3 saturated heterocycles. The van der Waals surface area contributed by atoms with Crippen LogP contribution in [-0.4, -0.2) is 70.3 Å². The highest BCUT2D eigenvalue weighted by atomic mass is 19.3. The fourth-order valence-electron chi connectivity index (χ4n) is 8.39. The van der Waals surface area contributed by atoms with Gasteiger partial charge in [0, 0.05) is 42.0 Å². The quantitative estimate of drug-likeness (QED) is 0.134. The van der Waals surface area contributed by atoms with Crippen LogP contribution in [0.25, 0.3) is 10.8 Å². The van der Waals surface area contributed by atoms with E-state index in [9.17, 15) is 22.8 Å². The second-order valence-corrected chi connectivity index (χ2v) is 15.0. The third kappa shape index (κ3) is 7.71. The number of halogens is 4. The van der Waals surface area contributed by atoms with Crippen LogP contribution in [0.4, 0.5) is 29.2 Å². The van der Waals surface area contributed by atoms with Gasteiger partial charge in [-0.15, -0.1) is 5.10 Å². The zero-order valence-corrected chi connectivity index (χ0v) is 30.3. The zero-order valence-electron chi connectivity index (χ0n) is 30.3. The van der Waals surface area contributed by atoms with Gasteiger partial charge >= 0.3 is 0 Å². The lowest BCUT2D eigenvalue weighted by atomic mass is 9.83. The highest BCUT2D eigenvalue weighted by Crippen LogP contribution is 2.37. The zero-order chi connectivity index (χ0) is 37.4. The van der Waals surface area contributed by atoms with E-state index < -0.39 is 29.5 Å². The maximum atomic E-state index is 16.7. The first kappa shape index (κ1) is 36.7. The van der Waals surface area contributed by atoms with Crippen molar-refractivity contribution in [2.75, 3.05) is 42.9 Å². The molecule has 3 fully saturated rings. The number of aryl methyl sites for hydroxylation is 2. The van der Waals surface area contributed by atoms with E-state index in [4.69, 9.17) is 4.98 Å². The highest BCUT2D eigenvalue weighted by molar-refractivity contribution is 6.01. The number of rotatable bonds is 9. The van der Waals surface area contributed by atoms with Crippen molar-refractivity contribution in [2.45, 2.75) is 89.3 Å². The number of nitrogens with zero attached hydrogens (tertiary/aromatic N) is 5. The van der Waals surface area contributed by atoms with Gasteiger partial charge in [-0.2, -0.15) is 5.10 Å². The number of pyridine rings is 1. The van der Waals surface area contributed by atoms with Gasteiger partial charge in [-0.25, -0.2) is 22.5 Å². The summed E-state index contributed by atoms with van der Waals surface area (Å²) in [7, 11) is 0. The van der Waals surface area contributed by atoms with Crippen molar-refractivity contribution >= 4 is 34.2 Å². The summed E-state index contributed by atoms with van der Waals surface area (Å²) in [5.74, 6) is -0.401. The molecular formula is C40H45F4N7O2. The van der Waals surface area contributed by atoms with Gasteiger partial charge < -0.3 is 15.1 Å². The second-order valence-electron chi connectivity index (χ2n) is 15.0. The Balaban J connectivity index is 1.01. The number of amides is 2. The smallest absolute Gasteiger partial charge is 0.266 e. The van der Waals surface area contributed by atoms with Crippen LogP contribution in [0.1, 0.15) is 103 Å². The lowest BCUT2D eigenvalue weighted by Gasteiger charge is -2.42. The highest BCUT2D eigenvalue weighted by Gasteiger charge is 2.39. The minimum absolute atomic E-state index is 0.0905. The van der Waals surface area contributed by atoms with Crippen LogP contribution >= 0.6 is 0 Å². The van der Waals surface area contributed by atoms with Gasteiger partial charge in [-0.3, -0.25) is 14.9 Å². The molecule has 0 saturated carbocycles. The maximum absolute atomic E-state index is 16.7. The predicted molar refractivity (Wildman–Crippen MR) is 195 cm³/mol. The fraction of sp³-hybridized carbons (Fsp3) is 0.475. The summed E-state index contributed by atoms with van der Waals surface area (Å²) in [6.07, 6.45) is 2.58. The van der Waals surface area contributed by atoms with E-state index in [0.717, 1.165) is 48.5 Å². The van der Waals surface area contributed by atoms with E-state index in [-0.39, 0.29) is 29.8 Å². The van der Waals surface area contributed by atoms with Crippen LogP contribution in [0, 0.1) is 19.7 Å². The molecule has 3 atom stereocenters. The minimum Gasteiger partial charge on any atom is -0.361 e. The molecule has 5 heterocycles. The molecular weight excluding hydrogens is 686 g/mol. The number of hydrogen-bond donors (Lipinski definition) is 2. The van der Waals surface area contributed by atoms with Crippen LogP contribution in [0.15, 0.2) is 48.7 Å². The second kappa shape index (κ2) is 15.0. The first-order chi connectivity index (χ1) is 25.4. The van der Waals surface area contributed by atoms with Crippen molar-refractivity contribution in [1.82, 2.24) is 25.4 Å². The molecule has 53 heavy (non-hydrogen) atoms. The standard InChI is InChI=1S/C40H45F4N7O2/c1-23-18-27(30-10-11-35(52)47-39(30)53)8-9-28(23)26-12-16-50(17-13-26)21-40(44)14-5-15-51(22-40)34-19-32-33(20-45-34)25(3)48-49-38(32)46-24(2)29-6-4-7-31(36(29)41)37(42)43/h4,6-9,18-20,24,26,30,37H,5,10-17,21-22H2,1-3H3,(H,46,49)(H,47,52,53). The van der Waals surface area contributed by atoms with Crippen molar-refractivity contribution in [2.24, 2.45) is 0 Å². The third-order valence-electron chi connectivity index (χ3n) is 11.3. The molecule has 3 aliphatic heterocycles. The number of nitrogens with one attached hydrogen (secondary N) is 2. The van der Waals surface area contributed by atoms with E-state index >= 15 is 4.39 Å². The summed E-state index contributed by atoms with van der Waals surface area (Å²) in [5.41, 5.74) is 1.99. The number of piperidine rings is 3. The first-order valence-corrected chi connectivity index (χ1v) is 18.5. The van der Waals surface area contributed by atoms with Gasteiger partial charge in [0.05, 0.1) is 29.8 Å².